The van der Waals surface area contributed by atoms with Crippen LogP contribution in [0, 0.1) is 10.1 Å². The summed E-state index contributed by atoms with van der Waals surface area (Å²) in [6.45, 7) is 3.57. The first kappa shape index (κ1) is 13.8. The highest BCUT2D eigenvalue weighted by atomic mass is 16.6. The lowest BCUT2D eigenvalue weighted by atomic mass is 10.2. The molecule has 7 nitrogen and oxygen atoms in total. The molecule has 98 valence electrons. The van der Waals surface area contributed by atoms with E-state index in [1.807, 2.05) is 0 Å². The van der Waals surface area contributed by atoms with Gasteiger partial charge in [0.2, 0.25) is 5.91 Å². The molecule has 0 fully saturated rings. The number of rotatable bonds is 6. The van der Waals surface area contributed by atoms with Gasteiger partial charge >= 0.3 is 5.69 Å². The third kappa shape index (κ3) is 3.09. The highest BCUT2D eigenvalue weighted by Gasteiger charge is 2.22. The molecule has 0 bridgehead atoms. The van der Waals surface area contributed by atoms with Crippen LogP contribution in [-0.4, -0.2) is 23.5 Å². The van der Waals surface area contributed by atoms with Crippen LogP contribution in [0.25, 0.3) is 0 Å². The quantitative estimate of drug-likeness (QED) is 0.586. The van der Waals surface area contributed by atoms with Crippen LogP contribution in [0.15, 0.2) is 18.2 Å². The Labute approximate surface area is 104 Å². The van der Waals surface area contributed by atoms with Crippen LogP contribution in [0.1, 0.15) is 13.8 Å². The third-order valence-electron chi connectivity index (χ3n) is 2.28. The largest absolute Gasteiger partial charge is 0.487 e. The summed E-state index contributed by atoms with van der Waals surface area (Å²) >= 11 is 0. The Morgan fingerprint density at radius 2 is 2.28 bits per heavy atom. The average Bonchev–Trinajstić information content (AvgIpc) is 2.29. The Bertz CT molecular complexity index is 462. The molecule has 0 aliphatic rings. The summed E-state index contributed by atoms with van der Waals surface area (Å²) in [5.41, 5.74) is 5.11. The summed E-state index contributed by atoms with van der Waals surface area (Å²) in [7, 11) is 0. The summed E-state index contributed by atoms with van der Waals surface area (Å²) in [5, 5.41) is 13.7. The topological polar surface area (TPSA) is 107 Å². The van der Waals surface area contributed by atoms with Crippen molar-refractivity contribution in [2.45, 2.75) is 19.9 Å². The van der Waals surface area contributed by atoms with Gasteiger partial charge in [0.1, 0.15) is 11.7 Å². The zero-order valence-electron chi connectivity index (χ0n) is 10.2. The summed E-state index contributed by atoms with van der Waals surface area (Å²) in [5.74, 6) is -0.435. The molecule has 18 heavy (non-hydrogen) atoms. The maximum absolute atomic E-state index is 11.0. The highest BCUT2D eigenvalue weighted by molar-refractivity contribution is 5.84. The fourth-order valence-electron chi connectivity index (χ4n) is 1.40. The van der Waals surface area contributed by atoms with Gasteiger partial charge in [-0.1, -0.05) is 6.07 Å². The lowest BCUT2D eigenvalue weighted by molar-refractivity contribution is -0.384. The van der Waals surface area contributed by atoms with E-state index in [0.29, 0.717) is 6.61 Å². The standard InChI is InChI=1S/C11H15N3O4/c1-3-18-9-6-4-5-8(10(9)14(16)17)13-7(2)11(12)15/h4-7,13H,3H2,1-2H3,(H2,12,15). The molecule has 1 aromatic carbocycles. The first-order valence-electron chi connectivity index (χ1n) is 5.43. The summed E-state index contributed by atoms with van der Waals surface area (Å²) in [6, 6.07) is 3.90. The molecule has 1 atom stereocenters. The number of nitro benzene ring substituents is 1. The van der Waals surface area contributed by atoms with Crippen LogP contribution in [0.4, 0.5) is 11.4 Å². The molecular weight excluding hydrogens is 238 g/mol. The fourth-order valence-corrected chi connectivity index (χ4v) is 1.40. The number of para-hydroxylation sites is 1. The second kappa shape index (κ2) is 5.85. The molecule has 0 aromatic heterocycles. The Kier molecular flexibility index (Phi) is 4.47. The number of nitrogens with one attached hydrogen (secondary N) is 1. The van der Waals surface area contributed by atoms with Crippen molar-refractivity contribution in [1.82, 2.24) is 0 Å². The predicted octanol–water partition coefficient (Wildman–Crippen LogP) is 1.28. The number of amides is 1. The van der Waals surface area contributed by atoms with Gasteiger partial charge in [-0.25, -0.2) is 0 Å². The second-order valence-corrected chi connectivity index (χ2v) is 3.61. The molecule has 7 heteroatoms. The van der Waals surface area contributed by atoms with Crippen molar-refractivity contribution < 1.29 is 14.5 Å². The van der Waals surface area contributed by atoms with Gasteiger partial charge in [-0.3, -0.25) is 14.9 Å². The van der Waals surface area contributed by atoms with Gasteiger partial charge in [-0.05, 0) is 26.0 Å². The Balaban J connectivity index is 3.14. The molecule has 0 heterocycles. The van der Waals surface area contributed by atoms with Gasteiger partial charge in [-0.15, -0.1) is 0 Å². The number of ether oxygens (including phenoxy) is 1. The minimum absolute atomic E-state index is 0.157. The van der Waals surface area contributed by atoms with Gasteiger partial charge in [0.25, 0.3) is 0 Å². The number of carbonyl (C=O) groups excluding carboxylic acids is 1. The molecule has 1 rings (SSSR count). The minimum atomic E-state index is -0.708. The zero-order valence-corrected chi connectivity index (χ0v) is 10.2. The van der Waals surface area contributed by atoms with Crippen LogP contribution in [0.3, 0.4) is 0 Å². The molecule has 0 spiro atoms. The number of hydrogen-bond acceptors (Lipinski definition) is 5. The van der Waals surface area contributed by atoms with Gasteiger partial charge in [-0.2, -0.15) is 0 Å². The average molecular weight is 253 g/mol. The van der Waals surface area contributed by atoms with Crippen LogP contribution in [-0.2, 0) is 4.79 Å². The Morgan fingerprint density at radius 1 is 1.61 bits per heavy atom. The molecule has 3 N–H and O–H groups in total. The van der Waals surface area contributed by atoms with Crippen LogP contribution >= 0.6 is 0 Å². The van der Waals surface area contributed by atoms with Gasteiger partial charge in [0, 0.05) is 0 Å². The van der Waals surface area contributed by atoms with E-state index in [1.165, 1.54) is 19.1 Å². The van der Waals surface area contributed by atoms with Crippen molar-refractivity contribution >= 4 is 17.3 Å². The lowest BCUT2D eigenvalue weighted by Gasteiger charge is -2.13. The second-order valence-electron chi connectivity index (χ2n) is 3.61. The number of primary amides is 1. The van der Waals surface area contributed by atoms with Gasteiger partial charge in [0.05, 0.1) is 11.5 Å². The molecule has 0 aliphatic heterocycles. The summed E-state index contributed by atoms with van der Waals surface area (Å²) in [6.07, 6.45) is 0. The highest BCUT2D eigenvalue weighted by Crippen LogP contribution is 2.34. The van der Waals surface area contributed by atoms with Gasteiger partial charge in [0.15, 0.2) is 5.75 Å². The minimum Gasteiger partial charge on any atom is -0.487 e. The maximum atomic E-state index is 11.0. The van der Waals surface area contributed by atoms with E-state index in [0.717, 1.165) is 0 Å². The zero-order chi connectivity index (χ0) is 13.7. The van der Waals surface area contributed by atoms with E-state index in [4.69, 9.17) is 10.5 Å². The van der Waals surface area contributed by atoms with Crippen molar-refractivity contribution in [3.8, 4) is 5.75 Å². The van der Waals surface area contributed by atoms with E-state index in [2.05, 4.69) is 5.32 Å². The Morgan fingerprint density at radius 3 is 2.78 bits per heavy atom. The van der Waals surface area contributed by atoms with Crippen LogP contribution in [0.5, 0.6) is 5.75 Å². The normalized spacial score (nSPS) is 11.7. The van der Waals surface area contributed by atoms with Gasteiger partial charge < -0.3 is 15.8 Å². The van der Waals surface area contributed by atoms with E-state index in [-0.39, 0.29) is 17.1 Å². The number of nitrogens with zero attached hydrogens (tertiary/aromatic N) is 1. The molecule has 1 unspecified atom stereocenters. The molecule has 0 saturated carbocycles. The molecule has 0 aliphatic carbocycles. The monoisotopic (exact) mass is 253 g/mol. The third-order valence-corrected chi connectivity index (χ3v) is 2.28. The number of anilines is 1. The van der Waals surface area contributed by atoms with E-state index < -0.39 is 16.9 Å². The Hall–Kier alpha value is -2.31. The van der Waals surface area contributed by atoms with Crippen molar-refractivity contribution in [1.29, 1.82) is 0 Å². The molecule has 1 amide bonds. The summed E-state index contributed by atoms with van der Waals surface area (Å²) in [4.78, 5) is 21.4. The van der Waals surface area contributed by atoms with Crippen molar-refractivity contribution in [2.75, 3.05) is 11.9 Å². The molecule has 0 radical (unpaired) electrons. The molecular formula is C11H15N3O4. The van der Waals surface area contributed by atoms with E-state index in [9.17, 15) is 14.9 Å². The van der Waals surface area contributed by atoms with E-state index >= 15 is 0 Å². The maximum Gasteiger partial charge on any atom is 0.333 e. The van der Waals surface area contributed by atoms with Crippen molar-refractivity contribution in [3.05, 3.63) is 28.3 Å². The van der Waals surface area contributed by atoms with Crippen molar-refractivity contribution in [3.63, 3.8) is 0 Å². The number of hydrogen-bond donors (Lipinski definition) is 2. The number of benzene rings is 1. The number of nitro groups is 1. The number of carbonyl (C=O) groups is 1. The predicted molar refractivity (Wildman–Crippen MR) is 66.5 cm³/mol. The first-order chi connectivity index (χ1) is 8.47. The fraction of sp³-hybridized carbons (Fsp3) is 0.364. The number of nitrogens with two attached hydrogens (primary N) is 1. The molecule has 1 aromatic rings. The first-order valence-corrected chi connectivity index (χ1v) is 5.43. The SMILES string of the molecule is CCOc1cccc(NC(C)C(N)=O)c1[N+](=O)[O-]. The summed E-state index contributed by atoms with van der Waals surface area (Å²) < 4.78 is 5.18. The van der Waals surface area contributed by atoms with Crippen LogP contribution < -0.4 is 15.8 Å². The molecule has 0 saturated heterocycles. The smallest absolute Gasteiger partial charge is 0.333 e. The van der Waals surface area contributed by atoms with E-state index in [1.54, 1.807) is 13.0 Å². The van der Waals surface area contributed by atoms with Crippen molar-refractivity contribution in [2.24, 2.45) is 5.73 Å². The lowest BCUT2D eigenvalue weighted by Crippen LogP contribution is -2.32. The van der Waals surface area contributed by atoms with Crippen LogP contribution in [0.2, 0.25) is 0 Å².